The predicted molar refractivity (Wildman–Crippen MR) is 160 cm³/mol. The average Bonchev–Trinajstić information content (AvgIpc) is 3.02. The third kappa shape index (κ3) is 7.41. The van der Waals surface area contributed by atoms with Gasteiger partial charge in [-0.25, -0.2) is 14.2 Å². The Labute approximate surface area is 264 Å². The summed E-state index contributed by atoms with van der Waals surface area (Å²) >= 11 is 0. The molecular formula is C32H31F7N6O2. The van der Waals surface area contributed by atoms with Gasteiger partial charge in [-0.1, -0.05) is 42.5 Å². The molecule has 0 amide bonds. The van der Waals surface area contributed by atoms with Crippen LogP contribution in [0.3, 0.4) is 0 Å². The number of rotatable bonds is 8. The maximum atomic E-state index is 14.9. The number of hydrogen-bond donors (Lipinski definition) is 1. The van der Waals surface area contributed by atoms with E-state index < -0.39 is 58.8 Å². The minimum atomic E-state index is -4.91. The quantitative estimate of drug-likeness (QED) is 0.268. The van der Waals surface area contributed by atoms with Crippen molar-refractivity contribution in [2.24, 2.45) is 5.73 Å². The Kier molecular flexibility index (Phi) is 9.59. The molecule has 250 valence electrons. The van der Waals surface area contributed by atoms with Gasteiger partial charge in [-0.05, 0) is 36.8 Å². The van der Waals surface area contributed by atoms with Crippen molar-refractivity contribution in [3.63, 3.8) is 0 Å². The van der Waals surface area contributed by atoms with E-state index in [1.54, 1.807) is 35.2 Å². The molecule has 4 aromatic rings. The molecule has 15 heteroatoms. The predicted octanol–water partition coefficient (Wildman–Crippen LogP) is 4.96. The lowest BCUT2D eigenvalue weighted by Gasteiger charge is -2.36. The standard InChI is InChI=1S/C32H31F7N6O2/c1-20-28(43-15-13-42(14-16-43)17-22-9-5-12-27(41-22)32(37,38)39)29(46)45(19-26(40)21-7-3-2-4-8-21)30(47)44(20)18-23-24(31(34,35)36)10-6-11-25(23)33/h2-12,26H,13-19,40H2,1H3/t26-/m1/s1. The molecule has 8 nitrogen and oxygen atoms in total. The third-order valence-corrected chi connectivity index (χ3v) is 8.18. The monoisotopic (exact) mass is 664 g/mol. The fourth-order valence-electron chi connectivity index (χ4n) is 5.73. The van der Waals surface area contributed by atoms with Crippen LogP contribution < -0.4 is 21.9 Å². The van der Waals surface area contributed by atoms with Crippen LogP contribution >= 0.6 is 0 Å². The highest BCUT2D eigenvalue weighted by Gasteiger charge is 2.36. The Bertz CT molecular complexity index is 1850. The number of pyridine rings is 1. The maximum absolute atomic E-state index is 14.9. The first-order chi connectivity index (χ1) is 22.1. The molecular weight excluding hydrogens is 633 g/mol. The molecule has 1 saturated heterocycles. The zero-order valence-corrected chi connectivity index (χ0v) is 25.2. The van der Waals surface area contributed by atoms with Crippen molar-refractivity contribution < 1.29 is 30.7 Å². The van der Waals surface area contributed by atoms with Crippen molar-refractivity contribution in [1.82, 2.24) is 19.0 Å². The van der Waals surface area contributed by atoms with Crippen LogP contribution in [0.1, 0.15) is 39.8 Å². The van der Waals surface area contributed by atoms with E-state index in [1.165, 1.54) is 19.1 Å². The normalized spacial score (nSPS) is 15.2. The number of nitrogens with two attached hydrogens (primary N) is 1. The smallest absolute Gasteiger partial charge is 0.363 e. The third-order valence-electron chi connectivity index (χ3n) is 8.18. The molecule has 2 N–H and O–H groups in total. The molecule has 0 saturated carbocycles. The second-order valence-corrected chi connectivity index (χ2v) is 11.3. The number of nitrogens with zero attached hydrogens (tertiary/aromatic N) is 5. The molecule has 0 aliphatic carbocycles. The molecule has 1 aliphatic rings. The minimum absolute atomic E-state index is 0.0339. The van der Waals surface area contributed by atoms with Crippen molar-refractivity contribution in [2.45, 2.75) is 45.0 Å². The molecule has 1 fully saturated rings. The van der Waals surface area contributed by atoms with E-state index in [-0.39, 0.29) is 43.3 Å². The van der Waals surface area contributed by atoms with Gasteiger partial charge in [0.15, 0.2) is 0 Å². The molecule has 0 unspecified atom stereocenters. The highest BCUT2D eigenvalue weighted by atomic mass is 19.4. The molecule has 0 bridgehead atoms. The molecule has 2 aromatic heterocycles. The largest absolute Gasteiger partial charge is 0.433 e. The number of alkyl halides is 6. The number of hydrogen-bond acceptors (Lipinski definition) is 6. The Morgan fingerprint density at radius 2 is 1.47 bits per heavy atom. The second-order valence-electron chi connectivity index (χ2n) is 11.3. The molecule has 47 heavy (non-hydrogen) atoms. The zero-order chi connectivity index (χ0) is 34.1. The first-order valence-electron chi connectivity index (χ1n) is 14.6. The van der Waals surface area contributed by atoms with Gasteiger partial charge in [-0.3, -0.25) is 18.8 Å². The van der Waals surface area contributed by atoms with Gasteiger partial charge in [-0.15, -0.1) is 0 Å². The van der Waals surface area contributed by atoms with Crippen molar-refractivity contribution >= 4 is 5.69 Å². The number of anilines is 1. The lowest BCUT2D eigenvalue weighted by molar-refractivity contribution is -0.141. The van der Waals surface area contributed by atoms with Crippen LogP contribution in [0.5, 0.6) is 0 Å². The molecule has 5 rings (SSSR count). The maximum Gasteiger partial charge on any atom is 0.433 e. The van der Waals surface area contributed by atoms with Crippen LogP contribution in [0, 0.1) is 12.7 Å². The summed E-state index contributed by atoms with van der Waals surface area (Å²) in [6.45, 7) is 1.40. The molecule has 2 aromatic carbocycles. The first kappa shape index (κ1) is 33.9. The summed E-state index contributed by atoms with van der Waals surface area (Å²) < 4.78 is 97.8. The van der Waals surface area contributed by atoms with E-state index in [2.05, 4.69) is 4.98 Å². The number of aromatic nitrogens is 3. The zero-order valence-electron chi connectivity index (χ0n) is 25.2. The van der Waals surface area contributed by atoms with E-state index in [0.29, 0.717) is 18.7 Å². The van der Waals surface area contributed by atoms with Gasteiger partial charge in [-0.2, -0.15) is 26.3 Å². The number of benzene rings is 2. The Morgan fingerprint density at radius 1 is 0.809 bits per heavy atom. The van der Waals surface area contributed by atoms with E-state index in [4.69, 9.17) is 5.73 Å². The summed E-state index contributed by atoms with van der Waals surface area (Å²) in [4.78, 5) is 35.0. The summed E-state index contributed by atoms with van der Waals surface area (Å²) in [5, 5.41) is 0. The van der Waals surface area contributed by atoms with Gasteiger partial charge in [0.05, 0.1) is 24.3 Å². The van der Waals surface area contributed by atoms with Gasteiger partial charge in [0.25, 0.3) is 5.56 Å². The summed E-state index contributed by atoms with van der Waals surface area (Å²) in [7, 11) is 0. The van der Waals surface area contributed by atoms with Crippen LogP contribution in [0.25, 0.3) is 0 Å². The van der Waals surface area contributed by atoms with Crippen LogP contribution in [0.15, 0.2) is 76.3 Å². The van der Waals surface area contributed by atoms with E-state index in [1.807, 2.05) is 4.90 Å². The van der Waals surface area contributed by atoms with Crippen LogP contribution in [-0.2, 0) is 32.0 Å². The highest BCUT2D eigenvalue weighted by molar-refractivity contribution is 5.50. The summed E-state index contributed by atoms with van der Waals surface area (Å²) in [5.74, 6) is -1.16. The molecule has 0 spiro atoms. The molecule has 1 aliphatic heterocycles. The highest BCUT2D eigenvalue weighted by Crippen LogP contribution is 2.34. The van der Waals surface area contributed by atoms with E-state index in [9.17, 15) is 40.3 Å². The van der Waals surface area contributed by atoms with Crippen LogP contribution in [-0.4, -0.2) is 45.2 Å². The number of halogens is 7. The van der Waals surface area contributed by atoms with Crippen molar-refractivity contribution in [2.75, 3.05) is 31.1 Å². The molecule has 0 radical (unpaired) electrons. The summed E-state index contributed by atoms with van der Waals surface area (Å²) in [6.07, 6.45) is -9.51. The number of piperazine rings is 1. The minimum Gasteiger partial charge on any atom is -0.363 e. The SMILES string of the molecule is Cc1c(N2CCN(Cc3cccc(C(F)(F)F)n3)CC2)c(=O)n(C[C@@H](N)c2ccccc2)c(=O)n1Cc1c(F)cccc1C(F)(F)F. The first-order valence-corrected chi connectivity index (χ1v) is 14.6. The Morgan fingerprint density at radius 3 is 2.11 bits per heavy atom. The van der Waals surface area contributed by atoms with Crippen molar-refractivity contribution in [3.8, 4) is 0 Å². The lowest BCUT2D eigenvalue weighted by Crippen LogP contribution is -2.51. The average molecular weight is 665 g/mol. The van der Waals surface area contributed by atoms with Crippen molar-refractivity contribution in [1.29, 1.82) is 0 Å². The summed E-state index contributed by atoms with van der Waals surface area (Å²) in [5.41, 5.74) is 2.56. The van der Waals surface area contributed by atoms with E-state index in [0.717, 1.165) is 33.4 Å². The topological polar surface area (TPSA) is 89.4 Å². The van der Waals surface area contributed by atoms with Gasteiger partial charge in [0.2, 0.25) is 0 Å². The van der Waals surface area contributed by atoms with Gasteiger partial charge < -0.3 is 10.6 Å². The lowest BCUT2D eigenvalue weighted by atomic mass is 10.1. The Balaban J connectivity index is 1.51. The summed E-state index contributed by atoms with van der Waals surface area (Å²) in [6, 6.07) is 13.9. The van der Waals surface area contributed by atoms with Gasteiger partial charge in [0.1, 0.15) is 17.2 Å². The Hall–Kier alpha value is -4.50. The van der Waals surface area contributed by atoms with E-state index >= 15 is 0 Å². The van der Waals surface area contributed by atoms with Gasteiger partial charge in [0, 0.05) is 50.0 Å². The second kappa shape index (κ2) is 13.3. The van der Waals surface area contributed by atoms with Crippen molar-refractivity contribution in [3.05, 3.63) is 127 Å². The molecule has 1 atom stereocenters. The van der Waals surface area contributed by atoms with Crippen LogP contribution in [0.4, 0.5) is 36.4 Å². The fourth-order valence-corrected chi connectivity index (χ4v) is 5.73. The molecule has 3 heterocycles. The van der Waals surface area contributed by atoms with Crippen LogP contribution in [0.2, 0.25) is 0 Å². The van der Waals surface area contributed by atoms with Gasteiger partial charge >= 0.3 is 18.0 Å². The fraction of sp³-hybridized carbons (Fsp3) is 0.344.